The molecule has 0 radical (unpaired) electrons. The maximum Gasteiger partial charge on any atom is 0.142 e. The van der Waals surface area contributed by atoms with E-state index in [0.29, 0.717) is 6.04 Å². The van der Waals surface area contributed by atoms with E-state index in [1.54, 1.807) is 0 Å². The number of nitrogens with zero attached hydrogens (tertiary/aromatic N) is 2. The van der Waals surface area contributed by atoms with Crippen LogP contribution in [0.15, 0.2) is 30.5 Å². The Morgan fingerprint density at radius 2 is 2.00 bits per heavy atom. The van der Waals surface area contributed by atoms with Crippen molar-refractivity contribution < 1.29 is 0 Å². The quantitative estimate of drug-likeness (QED) is 0.925. The molecule has 1 N–H and O–H groups in total. The summed E-state index contributed by atoms with van der Waals surface area (Å²) >= 11 is 0. The maximum absolute atomic E-state index is 4.67. The van der Waals surface area contributed by atoms with Gasteiger partial charge in [0.15, 0.2) is 0 Å². The van der Waals surface area contributed by atoms with Crippen molar-refractivity contribution in [1.29, 1.82) is 0 Å². The van der Waals surface area contributed by atoms with Crippen LogP contribution in [0.1, 0.15) is 37.2 Å². The summed E-state index contributed by atoms with van der Waals surface area (Å²) in [6.07, 6.45) is 5.57. The lowest BCUT2D eigenvalue weighted by atomic mass is 10.0. The van der Waals surface area contributed by atoms with Gasteiger partial charge in [0, 0.05) is 17.8 Å². The maximum atomic E-state index is 4.67. The SMILES string of the molecule is CC(C)NCc1nccc(-c2ccc3c(c2)CCC3)n1. The molecule has 3 heteroatoms. The third-order valence-electron chi connectivity index (χ3n) is 3.77. The van der Waals surface area contributed by atoms with Gasteiger partial charge in [-0.1, -0.05) is 26.0 Å². The molecule has 0 aliphatic heterocycles. The molecule has 104 valence electrons. The van der Waals surface area contributed by atoms with E-state index in [0.717, 1.165) is 18.1 Å². The first-order chi connectivity index (χ1) is 9.72. The number of aromatic nitrogens is 2. The Bertz CT molecular complexity index is 605. The lowest BCUT2D eigenvalue weighted by Crippen LogP contribution is -2.23. The zero-order valence-electron chi connectivity index (χ0n) is 12.2. The molecule has 0 amide bonds. The molecule has 20 heavy (non-hydrogen) atoms. The van der Waals surface area contributed by atoms with E-state index in [1.807, 2.05) is 12.3 Å². The fourth-order valence-corrected chi connectivity index (χ4v) is 2.67. The predicted octanol–water partition coefficient (Wildman–Crippen LogP) is 3.13. The van der Waals surface area contributed by atoms with Crippen molar-refractivity contribution >= 4 is 0 Å². The summed E-state index contributed by atoms with van der Waals surface area (Å²) in [5, 5.41) is 3.36. The first-order valence-corrected chi connectivity index (χ1v) is 7.40. The summed E-state index contributed by atoms with van der Waals surface area (Å²) in [7, 11) is 0. The second-order valence-corrected chi connectivity index (χ2v) is 5.73. The molecule has 3 nitrogen and oxygen atoms in total. The van der Waals surface area contributed by atoms with Gasteiger partial charge in [0.2, 0.25) is 0 Å². The Morgan fingerprint density at radius 3 is 2.85 bits per heavy atom. The van der Waals surface area contributed by atoms with Crippen molar-refractivity contribution in [1.82, 2.24) is 15.3 Å². The fourth-order valence-electron chi connectivity index (χ4n) is 2.67. The number of hydrogen-bond donors (Lipinski definition) is 1. The summed E-state index contributed by atoms with van der Waals surface area (Å²) in [5.74, 6) is 0.858. The third-order valence-corrected chi connectivity index (χ3v) is 3.77. The Labute approximate surface area is 120 Å². The minimum atomic E-state index is 0.447. The van der Waals surface area contributed by atoms with Crippen LogP contribution in [-0.4, -0.2) is 16.0 Å². The summed E-state index contributed by atoms with van der Waals surface area (Å²) < 4.78 is 0. The molecule has 1 aromatic carbocycles. The van der Waals surface area contributed by atoms with Gasteiger partial charge >= 0.3 is 0 Å². The molecule has 3 rings (SSSR count). The van der Waals surface area contributed by atoms with Crippen molar-refractivity contribution in [3.8, 4) is 11.3 Å². The molecule has 0 bridgehead atoms. The molecule has 0 saturated carbocycles. The van der Waals surface area contributed by atoms with Crippen LogP contribution in [0.5, 0.6) is 0 Å². The van der Waals surface area contributed by atoms with E-state index in [4.69, 9.17) is 0 Å². The van der Waals surface area contributed by atoms with E-state index < -0.39 is 0 Å². The zero-order valence-corrected chi connectivity index (χ0v) is 12.2. The van der Waals surface area contributed by atoms with Crippen LogP contribution in [0, 0.1) is 0 Å². The summed E-state index contributed by atoms with van der Waals surface area (Å²) in [6.45, 7) is 4.98. The third kappa shape index (κ3) is 2.88. The van der Waals surface area contributed by atoms with Gasteiger partial charge in [0.05, 0.1) is 12.2 Å². The number of fused-ring (bicyclic) bond motifs is 1. The van der Waals surface area contributed by atoms with E-state index in [9.17, 15) is 0 Å². The second kappa shape index (κ2) is 5.71. The van der Waals surface area contributed by atoms with E-state index in [1.165, 1.54) is 36.0 Å². The Balaban J connectivity index is 1.84. The van der Waals surface area contributed by atoms with Crippen molar-refractivity contribution in [2.24, 2.45) is 0 Å². The smallest absolute Gasteiger partial charge is 0.142 e. The highest BCUT2D eigenvalue weighted by Gasteiger charge is 2.12. The van der Waals surface area contributed by atoms with Crippen molar-refractivity contribution in [3.63, 3.8) is 0 Å². The molecule has 1 heterocycles. The number of rotatable bonds is 4. The first kappa shape index (κ1) is 13.3. The van der Waals surface area contributed by atoms with Crippen molar-refractivity contribution in [2.75, 3.05) is 0 Å². The molecule has 0 spiro atoms. The van der Waals surface area contributed by atoms with Crippen LogP contribution in [0.3, 0.4) is 0 Å². The Kier molecular flexibility index (Phi) is 3.79. The molecule has 1 aliphatic carbocycles. The summed E-state index contributed by atoms with van der Waals surface area (Å²) in [5.41, 5.74) is 5.22. The van der Waals surface area contributed by atoms with Crippen molar-refractivity contribution in [3.05, 3.63) is 47.4 Å². The van der Waals surface area contributed by atoms with Gasteiger partial charge < -0.3 is 5.32 Å². The Hall–Kier alpha value is -1.74. The monoisotopic (exact) mass is 267 g/mol. The topological polar surface area (TPSA) is 37.8 Å². The van der Waals surface area contributed by atoms with Crippen LogP contribution in [0.2, 0.25) is 0 Å². The van der Waals surface area contributed by atoms with Gasteiger partial charge in [0.25, 0.3) is 0 Å². The molecule has 1 aliphatic rings. The highest BCUT2D eigenvalue weighted by atomic mass is 15.0. The zero-order chi connectivity index (χ0) is 13.9. The number of nitrogens with one attached hydrogen (secondary N) is 1. The van der Waals surface area contributed by atoms with E-state index in [-0.39, 0.29) is 0 Å². The van der Waals surface area contributed by atoms with Gasteiger partial charge in [-0.25, -0.2) is 9.97 Å². The lowest BCUT2D eigenvalue weighted by Gasteiger charge is -2.09. The van der Waals surface area contributed by atoms with Crippen LogP contribution in [0.25, 0.3) is 11.3 Å². The Morgan fingerprint density at radius 1 is 1.15 bits per heavy atom. The van der Waals surface area contributed by atoms with Crippen LogP contribution < -0.4 is 5.32 Å². The van der Waals surface area contributed by atoms with E-state index in [2.05, 4.69) is 47.3 Å². The van der Waals surface area contributed by atoms with Gasteiger partial charge in [-0.3, -0.25) is 0 Å². The van der Waals surface area contributed by atoms with Crippen LogP contribution in [0.4, 0.5) is 0 Å². The summed E-state index contributed by atoms with van der Waals surface area (Å²) in [6, 6.07) is 9.18. The predicted molar refractivity (Wildman–Crippen MR) is 81.5 cm³/mol. The van der Waals surface area contributed by atoms with E-state index >= 15 is 0 Å². The lowest BCUT2D eigenvalue weighted by molar-refractivity contribution is 0.572. The number of benzene rings is 1. The summed E-state index contributed by atoms with van der Waals surface area (Å²) in [4.78, 5) is 9.00. The van der Waals surface area contributed by atoms with Gasteiger partial charge in [-0.15, -0.1) is 0 Å². The standard InChI is InChI=1S/C17H21N3/c1-12(2)19-11-17-18-9-8-16(20-17)15-7-6-13-4-3-5-14(13)10-15/h6-10,12,19H,3-5,11H2,1-2H3. The average Bonchev–Trinajstić information content (AvgIpc) is 2.93. The normalized spacial score (nSPS) is 13.8. The van der Waals surface area contributed by atoms with Gasteiger partial charge in [-0.2, -0.15) is 0 Å². The number of hydrogen-bond acceptors (Lipinski definition) is 3. The highest BCUT2D eigenvalue weighted by Crippen LogP contribution is 2.27. The molecule has 1 aromatic heterocycles. The van der Waals surface area contributed by atoms with Crippen LogP contribution in [-0.2, 0) is 19.4 Å². The van der Waals surface area contributed by atoms with Gasteiger partial charge in [0.1, 0.15) is 5.82 Å². The molecule has 2 aromatic rings. The van der Waals surface area contributed by atoms with Crippen LogP contribution >= 0.6 is 0 Å². The number of aryl methyl sites for hydroxylation is 2. The molecule has 0 unspecified atom stereocenters. The highest BCUT2D eigenvalue weighted by molar-refractivity contribution is 5.61. The molecule has 0 atom stereocenters. The molecule has 0 saturated heterocycles. The second-order valence-electron chi connectivity index (χ2n) is 5.73. The minimum Gasteiger partial charge on any atom is -0.308 e. The largest absolute Gasteiger partial charge is 0.308 e. The minimum absolute atomic E-state index is 0.447. The molecule has 0 fully saturated rings. The average molecular weight is 267 g/mol. The van der Waals surface area contributed by atoms with Gasteiger partial charge in [-0.05, 0) is 42.5 Å². The first-order valence-electron chi connectivity index (χ1n) is 7.40. The molecular formula is C17H21N3. The fraction of sp³-hybridized carbons (Fsp3) is 0.412. The van der Waals surface area contributed by atoms with Crippen molar-refractivity contribution in [2.45, 2.75) is 45.7 Å². The molecular weight excluding hydrogens is 246 g/mol.